The molecule has 140 valence electrons. The number of hydrogen-bond donors (Lipinski definition) is 2. The number of unbranched alkanes of at least 4 members (excludes halogenated alkanes) is 4. The number of likely N-dealkylation sites (N-methyl/N-ethyl adjacent to an activating group) is 1. The van der Waals surface area contributed by atoms with E-state index >= 15 is 0 Å². The zero-order valence-electron chi connectivity index (χ0n) is 15.5. The molecule has 6 nitrogen and oxygen atoms in total. The van der Waals surface area contributed by atoms with Crippen LogP contribution >= 0.6 is 0 Å². The predicted octanol–water partition coefficient (Wildman–Crippen LogP) is 2.36. The molecule has 2 N–H and O–H groups in total. The molecule has 0 spiro atoms. The molecule has 0 rings (SSSR count). The van der Waals surface area contributed by atoms with Gasteiger partial charge in [-0.1, -0.05) is 38.3 Å². The van der Waals surface area contributed by atoms with Gasteiger partial charge in [-0.15, -0.1) is 0 Å². The molecule has 2 unspecified atom stereocenters. The summed E-state index contributed by atoms with van der Waals surface area (Å²) >= 11 is 0. The van der Waals surface area contributed by atoms with E-state index < -0.39 is 24.1 Å². The molecule has 0 saturated carbocycles. The summed E-state index contributed by atoms with van der Waals surface area (Å²) in [6, 6.07) is 0. The summed E-state index contributed by atoms with van der Waals surface area (Å²) in [5.74, 6) is -1.78. The minimum atomic E-state index is -1.25. The van der Waals surface area contributed by atoms with Crippen molar-refractivity contribution in [3.05, 3.63) is 12.2 Å². The van der Waals surface area contributed by atoms with Crippen molar-refractivity contribution in [2.45, 2.75) is 64.1 Å². The van der Waals surface area contributed by atoms with Crippen LogP contribution in [0.25, 0.3) is 0 Å². The minimum absolute atomic E-state index is 0.191. The molecule has 0 bridgehead atoms. The molecule has 2 atom stereocenters. The van der Waals surface area contributed by atoms with Gasteiger partial charge in [0.2, 0.25) is 0 Å². The van der Waals surface area contributed by atoms with Crippen molar-refractivity contribution in [3.63, 3.8) is 0 Å². The van der Waals surface area contributed by atoms with Gasteiger partial charge in [-0.3, -0.25) is 4.79 Å². The zero-order valence-corrected chi connectivity index (χ0v) is 15.5. The van der Waals surface area contributed by atoms with Gasteiger partial charge in [-0.2, -0.15) is 0 Å². The van der Waals surface area contributed by atoms with Crippen molar-refractivity contribution >= 4 is 11.9 Å². The highest BCUT2D eigenvalue weighted by Gasteiger charge is 2.27. The number of carboxylic acid groups (broad SMARTS) is 1. The first-order chi connectivity index (χ1) is 11.2. The quantitative estimate of drug-likeness (QED) is 0.232. The topological polar surface area (TPSA) is 83.8 Å². The number of nitrogens with zero attached hydrogens (tertiary/aromatic N) is 1. The second kappa shape index (κ2) is 12.0. The van der Waals surface area contributed by atoms with Gasteiger partial charge in [0.25, 0.3) is 0 Å². The fraction of sp³-hybridized carbons (Fsp3) is 0.778. The van der Waals surface area contributed by atoms with Gasteiger partial charge < -0.3 is 19.4 Å². The van der Waals surface area contributed by atoms with Crippen molar-refractivity contribution in [1.82, 2.24) is 0 Å². The molecule has 6 heteroatoms. The third-order valence-electron chi connectivity index (χ3n) is 3.46. The van der Waals surface area contributed by atoms with E-state index in [-0.39, 0.29) is 12.8 Å². The fourth-order valence-corrected chi connectivity index (χ4v) is 2.32. The Kier molecular flexibility index (Phi) is 11.3. The Morgan fingerprint density at radius 3 is 2.33 bits per heavy atom. The number of aliphatic hydroxyl groups is 1. The van der Waals surface area contributed by atoms with Gasteiger partial charge >= 0.3 is 11.9 Å². The molecule has 0 aliphatic heterocycles. The summed E-state index contributed by atoms with van der Waals surface area (Å²) in [5, 5.41) is 18.8. The van der Waals surface area contributed by atoms with E-state index in [4.69, 9.17) is 9.84 Å². The monoisotopic (exact) mass is 344 g/mol. The average molecular weight is 344 g/mol. The minimum Gasteiger partial charge on any atom is -0.481 e. The SMILES string of the molecule is CCCCCC/C=C/CC(O)C(=O)OC(CC(=O)O)C[N+](C)(C)C. The van der Waals surface area contributed by atoms with Gasteiger partial charge in [-0.25, -0.2) is 4.79 Å². The van der Waals surface area contributed by atoms with E-state index in [0.717, 1.165) is 12.8 Å². The van der Waals surface area contributed by atoms with E-state index in [2.05, 4.69) is 6.92 Å². The maximum Gasteiger partial charge on any atom is 0.335 e. The lowest BCUT2D eigenvalue weighted by Crippen LogP contribution is -2.44. The van der Waals surface area contributed by atoms with E-state index in [9.17, 15) is 14.7 Å². The Morgan fingerprint density at radius 2 is 1.79 bits per heavy atom. The predicted molar refractivity (Wildman–Crippen MR) is 93.6 cm³/mol. The average Bonchev–Trinajstić information content (AvgIpc) is 2.43. The molecule has 0 aromatic carbocycles. The molecule has 0 aliphatic carbocycles. The summed E-state index contributed by atoms with van der Waals surface area (Å²) in [4.78, 5) is 22.8. The Balaban J connectivity index is 4.28. The number of hydrogen-bond acceptors (Lipinski definition) is 4. The summed E-state index contributed by atoms with van der Waals surface area (Å²) in [7, 11) is 5.67. The molecule has 24 heavy (non-hydrogen) atoms. The van der Waals surface area contributed by atoms with E-state index in [1.807, 2.05) is 27.2 Å². The number of carbonyl (C=O) groups is 2. The van der Waals surface area contributed by atoms with Crippen LogP contribution in [0, 0.1) is 0 Å². The Labute approximate surface area is 145 Å². The van der Waals surface area contributed by atoms with Gasteiger partial charge in [0.05, 0.1) is 27.6 Å². The number of ether oxygens (including phenoxy) is 1. The second-order valence-corrected chi connectivity index (χ2v) is 7.20. The molecule has 0 fully saturated rings. The molecular formula is C18H34NO5+. The van der Waals surface area contributed by atoms with Crippen molar-refractivity contribution in [3.8, 4) is 0 Å². The van der Waals surface area contributed by atoms with Crippen LogP contribution in [0.1, 0.15) is 51.9 Å². The Morgan fingerprint density at radius 1 is 1.12 bits per heavy atom. The maximum absolute atomic E-state index is 11.9. The van der Waals surface area contributed by atoms with Crippen LogP contribution in [-0.2, 0) is 14.3 Å². The highest BCUT2D eigenvalue weighted by molar-refractivity contribution is 5.75. The van der Waals surface area contributed by atoms with Crippen molar-refractivity contribution in [1.29, 1.82) is 0 Å². The number of esters is 1. The van der Waals surface area contributed by atoms with Crippen molar-refractivity contribution in [2.24, 2.45) is 0 Å². The largest absolute Gasteiger partial charge is 0.481 e. The number of carbonyl (C=O) groups excluding carboxylic acids is 1. The van der Waals surface area contributed by atoms with Crippen LogP contribution in [0.4, 0.5) is 0 Å². The van der Waals surface area contributed by atoms with Crippen LogP contribution < -0.4 is 0 Å². The number of carboxylic acids is 1. The van der Waals surface area contributed by atoms with Gasteiger partial charge in [0.1, 0.15) is 6.54 Å². The van der Waals surface area contributed by atoms with Gasteiger partial charge in [0.15, 0.2) is 12.2 Å². The zero-order chi connectivity index (χ0) is 18.6. The van der Waals surface area contributed by atoms with Gasteiger partial charge in [-0.05, 0) is 12.8 Å². The summed E-state index contributed by atoms with van der Waals surface area (Å²) in [6.45, 7) is 2.53. The van der Waals surface area contributed by atoms with Crippen LogP contribution in [0.2, 0.25) is 0 Å². The van der Waals surface area contributed by atoms with E-state index in [1.165, 1.54) is 19.3 Å². The molecular weight excluding hydrogens is 310 g/mol. The standard InChI is InChI=1S/C18H33NO5/c1-5-6-7-8-9-10-11-12-16(20)18(23)24-15(13-17(21)22)14-19(2,3)4/h10-11,15-16,20H,5-9,12-14H2,1-4H3/p+1/b11-10+. The third kappa shape index (κ3) is 13.1. The Hall–Kier alpha value is -1.40. The molecule has 0 aliphatic rings. The molecule has 0 heterocycles. The molecule has 0 saturated heterocycles. The lowest BCUT2D eigenvalue weighted by molar-refractivity contribution is -0.873. The summed E-state index contributed by atoms with van der Waals surface area (Å²) in [6.07, 6.45) is 7.32. The van der Waals surface area contributed by atoms with Crippen molar-refractivity contribution in [2.75, 3.05) is 27.7 Å². The molecule has 0 amide bonds. The number of allylic oxidation sites excluding steroid dienone is 1. The maximum atomic E-state index is 11.9. The number of aliphatic carboxylic acids is 1. The third-order valence-corrected chi connectivity index (χ3v) is 3.46. The first-order valence-corrected chi connectivity index (χ1v) is 8.71. The first-order valence-electron chi connectivity index (χ1n) is 8.71. The molecule has 0 aromatic heterocycles. The molecule has 0 aromatic rings. The van der Waals surface area contributed by atoms with Crippen LogP contribution in [0.3, 0.4) is 0 Å². The second-order valence-electron chi connectivity index (χ2n) is 7.20. The van der Waals surface area contributed by atoms with Crippen molar-refractivity contribution < 1.29 is 29.0 Å². The summed E-state index contributed by atoms with van der Waals surface area (Å²) in [5.41, 5.74) is 0. The fourth-order valence-electron chi connectivity index (χ4n) is 2.32. The first kappa shape index (κ1) is 22.6. The molecule has 0 radical (unpaired) electrons. The van der Waals surface area contributed by atoms with Crippen LogP contribution in [-0.4, -0.2) is 66.5 Å². The lowest BCUT2D eigenvalue weighted by atomic mass is 10.1. The summed E-state index contributed by atoms with van der Waals surface area (Å²) < 4.78 is 5.66. The highest BCUT2D eigenvalue weighted by Crippen LogP contribution is 2.09. The number of quaternary nitrogens is 1. The number of rotatable bonds is 13. The number of aliphatic hydroxyl groups excluding tert-OH is 1. The normalized spacial score (nSPS) is 14.5. The van der Waals surface area contributed by atoms with Crippen LogP contribution in [0.15, 0.2) is 12.2 Å². The smallest absolute Gasteiger partial charge is 0.335 e. The van der Waals surface area contributed by atoms with Crippen LogP contribution in [0.5, 0.6) is 0 Å². The highest BCUT2D eigenvalue weighted by atomic mass is 16.6. The van der Waals surface area contributed by atoms with E-state index in [0.29, 0.717) is 11.0 Å². The Bertz CT molecular complexity index is 401. The van der Waals surface area contributed by atoms with Gasteiger partial charge in [0, 0.05) is 6.42 Å². The lowest BCUT2D eigenvalue weighted by Gasteiger charge is -2.28. The van der Waals surface area contributed by atoms with E-state index in [1.54, 1.807) is 6.08 Å².